The van der Waals surface area contributed by atoms with Gasteiger partial charge in [0.05, 0.1) is 10.2 Å². The van der Waals surface area contributed by atoms with Gasteiger partial charge in [-0.25, -0.2) is 4.98 Å². The van der Waals surface area contributed by atoms with E-state index in [0.717, 1.165) is 26.9 Å². The molecule has 0 unspecified atom stereocenters. The van der Waals surface area contributed by atoms with Gasteiger partial charge in [0.2, 0.25) is 0 Å². The van der Waals surface area contributed by atoms with Gasteiger partial charge in [-0.3, -0.25) is 9.59 Å². The molecule has 0 bridgehead atoms. The van der Waals surface area contributed by atoms with Crippen molar-refractivity contribution in [2.24, 2.45) is 0 Å². The molecule has 0 atom stereocenters. The van der Waals surface area contributed by atoms with Gasteiger partial charge in [0.1, 0.15) is 0 Å². The highest BCUT2D eigenvalue weighted by Gasteiger charge is 2.12. The normalized spacial score (nSPS) is 11.0. The minimum absolute atomic E-state index is 0.268. The van der Waals surface area contributed by atoms with E-state index in [1.165, 1.54) is 4.70 Å². The van der Waals surface area contributed by atoms with Gasteiger partial charge in [0.15, 0.2) is 10.9 Å². The van der Waals surface area contributed by atoms with Crippen LogP contribution in [0.25, 0.3) is 10.2 Å². The summed E-state index contributed by atoms with van der Waals surface area (Å²) in [6.07, 6.45) is 0.963. The highest BCUT2D eigenvalue weighted by molar-refractivity contribution is 8.01. The SMILES string of the molecule is CC(C)c1ccccc1NC(=O)COC(=O)CCCSc1nc2ccccc2s1. The first kappa shape index (κ1) is 21.3. The molecule has 0 fully saturated rings. The maximum Gasteiger partial charge on any atom is 0.306 e. The second-order valence-electron chi connectivity index (χ2n) is 6.85. The number of amides is 1. The largest absolute Gasteiger partial charge is 0.456 e. The third kappa shape index (κ3) is 6.30. The fourth-order valence-corrected chi connectivity index (χ4v) is 4.89. The van der Waals surface area contributed by atoms with Crippen LogP contribution >= 0.6 is 23.1 Å². The summed E-state index contributed by atoms with van der Waals surface area (Å²) in [5.41, 5.74) is 2.82. The van der Waals surface area contributed by atoms with E-state index in [4.69, 9.17) is 4.74 Å². The number of hydrogen-bond acceptors (Lipinski definition) is 6. The Bertz CT molecular complexity index is 952. The van der Waals surface area contributed by atoms with Crippen LogP contribution in [-0.4, -0.2) is 29.2 Å². The zero-order valence-corrected chi connectivity index (χ0v) is 18.1. The molecular weight excluding hydrogens is 404 g/mol. The van der Waals surface area contributed by atoms with E-state index in [1.807, 2.05) is 42.5 Å². The first-order valence-electron chi connectivity index (χ1n) is 9.55. The highest BCUT2D eigenvalue weighted by atomic mass is 32.2. The average Bonchev–Trinajstić information content (AvgIpc) is 3.13. The molecule has 1 aromatic heterocycles. The van der Waals surface area contributed by atoms with Gasteiger partial charge >= 0.3 is 5.97 Å². The maximum absolute atomic E-state index is 12.1. The van der Waals surface area contributed by atoms with Crippen LogP contribution in [0.5, 0.6) is 0 Å². The number of esters is 1. The topological polar surface area (TPSA) is 68.3 Å². The number of carbonyl (C=O) groups is 2. The number of fused-ring (bicyclic) bond motifs is 1. The van der Waals surface area contributed by atoms with Gasteiger partial charge in [0, 0.05) is 17.9 Å². The Balaban J connectivity index is 1.36. The number of aromatic nitrogens is 1. The van der Waals surface area contributed by atoms with Crippen LogP contribution in [-0.2, 0) is 14.3 Å². The molecule has 1 amide bonds. The number of nitrogens with one attached hydrogen (secondary N) is 1. The summed E-state index contributed by atoms with van der Waals surface area (Å²) in [6.45, 7) is 3.87. The lowest BCUT2D eigenvalue weighted by Crippen LogP contribution is -2.21. The third-order valence-electron chi connectivity index (χ3n) is 4.25. The molecule has 3 rings (SSSR count). The number of ether oxygens (including phenoxy) is 1. The van der Waals surface area contributed by atoms with E-state index in [1.54, 1.807) is 23.1 Å². The van der Waals surface area contributed by atoms with Crippen molar-refractivity contribution in [1.82, 2.24) is 4.98 Å². The Kier molecular flexibility index (Phi) is 7.66. The highest BCUT2D eigenvalue weighted by Crippen LogP contribution is 2.29. The van der Waals surface area contributed by atoms with Crippen molar-refractivity contribution < 1.29 is 14.3 Å². The molecule has 5 nitrogen and oxygen atoms in total. The average molecular weight is 429 g/mol. The lowest BCUT2D eigenvalue weighted by Gasteiger charge is -2.13. The standard InChI is InChI=1S/C22H24N2O3S2/c1-15(2)16-8-3-4-9-17(16)23-20(25)14-27-21(26)12-7-13-28-22-24-18-10-5-6-11-19(18)29-22/h3-6,8-11,15H,7,12-14H2,1-2H3,(H,23,25). The molecule has 0 saturated carbocycles. The Morgan fingerprint density at radius 1 is 1.14 bits per heavy atom. The summed E-state index contributed by atoms with van der Waals surface area (Å²) >= 11 is 3.30. The quantitative estimate of drug-likeness (QED) is 0.278. The van der Waals surface area contributed by atoms with Crippen LogP contribution < -0.4 is 5.32 Å². The van der Waals surface area contributed by atoms with Crippen molar-refractivity contribution in [2.45, 2.75) is 36.9 Å². The van der Waals surface area contributed by atoms with Gasteiger partial charge in [-0.1, -0.05) is 55.9 Å². The smallest absolute Gasteiger partial charge is 0.306 e. The van der Waals surface area contributed by atoms with Crippen LogP contribution in [0.1, 0.15) is 38.2 Å². The fourth-order valence-electron chi connectivity index (χ4n) is 2.81. The molecule has 152 valence electrons. The first-order chi connectivity index (χ1) is 14.0. The number of para-hydroxylation sites is 2. The molecule has 29 heavy (non-hydrogen) atoms. The predicted molar refractivity (Wildman–Crippen MR) is 120 cm³/mol. The summed E-state index contributed by atoms with van der Waals surface area (Å²) in [5, 5.41) is 2.82. The molecular formula is C22H24N2O3S2. The van der Waals surface area contributed by atoms with Gasteiger partial charge < -0.3 is 10.1 Å². The summed E-state index contributed by atoms with van der Waals surface area (Å²) in [4.78, 5) is 28.6. The number of anilines is 1. The van der Waals surface area contributed by atoms with E-state index in [0.29, 0.717) is 12.3 Å². The van der Waals surface area contributed by atoms with Crippen molar-refractivity contribution in [2.75, 3.05) is 17.7 Å². The maximum atomic E-state index is 12.1. The zero-order valence-electron chi connectivity index (χ0n) is 16.5. The number of hydrogen-bond donors (Lipinski definition) is 1. The molecule has 1 heterocycles. The first-order valence-corrected chi connectivity index (χ1v) is 11.4. The number of thiazole rings is 1. The van der Waals surface area contributed by atoms with E-state index >= 15 is 0 Å². The molecule has 1 N–H and O–H groups in total. The third-order valence-corrected chi connectivity index (χ3v) is 6.51. The number of carbonyl (C=O) groups excluding carboxylic acids is 2. The molecule has 0 aliphatic carbocycles. The molecule has 2 aromatic carbocycles. The Hall–Kier alpha value is -2.38. The Labute approximate surface area is 178 Å². The van der Waals surface area contributed by atoms with Gasteiger partial charge in [-0.15, -0.1) is 11.3 Å². The van der Waals surface area contributed by atoms with Crippen LogP contribution in [0.2, 0.25) is 0 Å². The zero-order chi connectivity index (χ0) is 20.6. The minimum atomic E-state index is -0.359. The second kappa shape index (κ2) is 10.4. The molecule has 0 saturated heterocycles. The van der Waals surface area contributed by atoms with Crippen LogP contribution in [0.15, 0.2) is 52.9 Å². The molecule has 0 spiro atoms. The number of benzene rings is 2. The lowest BCUT2D eigenvalue weighted by atomic mass is 10.0. The lowest BCUT2D eigenvalue weighted by molar-refractivity contribution is -0.147. The van der Waals surface area contributed by atoms with Gasteiger partial charge in [0.25, 0.3) is 5.91 Å². The summed E-state index contributed by atoms with van der Waals surface area (Å²) < 4.78 is 7.27. The van der Waals surface area contributed by atoms with Crippen LogP contribution in [0.4, 0.5) is 5.69 Å². The predicted octanol–water partition coefficient (Wildman–Crippen LogP) is 5.47. The monoisotopic (exact) mass is 428 g/mol. The summed E-state index contributed by atoms with van der Waals surface area (Å²) in [5.74, 6) is 0.391. The summed E-state index contributed by atoms with van der Waals surface area (Å²) in [6, 6.07) is 15.7. The minimum Gasteiger partial charge on any atom is -0.456 e. The van der Waals surface area contributed by atoms with Crippen molar-refractivity contribution in [3.05, 3.63) is 54.1 Å². The summed E-state index contributed by atoms with van der Waals surface area (Å²) in [7, 11) is 0. The number of rotatable bonds is 9. The van der Waals surface area contributed by atoms with Crippen LogP contribution in [0.3, 0.4) is 0 Å². The fraction of sp³-hybridized carbons (Fsp3) is 0.318. The second-order valence-corrected chi connectivity index (χ2v) is 9.22. The van der Waals surface area contributed by atoms with E-state index in [-0.39, 0.29) is 24.9 Å². The van der Waals surface area contributed by atoms with E-state index < -0.39 is 0 Å². The number of nitrogens with zero attached hydrogens (tertiary/aromatic N) is 1. The molecule has 0 aliphatic rings. The molecule has 3 aromatic rings. The Morgan fingerprint density at radius 3 is 2.69 bits per heavy atom. The van der Waals surface area contributed by atoms with Gasteiger partial charge in [-0.05, 0) is 36.1 Å². The molecule has 7 heteroatoms. The van der Waals surface area contributed by atoms with E-state index in [9.17, 15) is 9.59 Å². The Morgan fingerprint density at radius 2 is 1.90 bits per heavy atom. The molecule has 0 aliphatic heterocycles. The van der Waals surface area contributed by atoms with Crippen molar-refractivity contribution >= 4 is 50.9 Å². The van der Waals surface area contributed by atoms with Crippen molar-refractivity contribution in [3.63, 3.8) is 0 Å². The van der Waals surface area contributed by atoms with Crippen molar-refractivity contribution in [3.8, 4) is 0 Å². The van der Waals surface area contributed by atoms with Crippen LogP contribution in [0, 0.1) is 0 Å². The van der Waals surface area contributed by atoms with Gasteiger partial charge in [-0.2, -0.15) is 0 Å². The van der Waals surface area contributed by atoms with E-state index in [2.05, 4.69) is 30.2 Å². The number of thioether (sulfide) groups is 1. The van der Waals surface area contributed by atoms with Crippen molar-refractivity contribution in [1.29, 1.82) is 0 Å². The molecule has 0 radical (unpaired) electrons.